The molecule has 0 aromatic heterocycles. The molecular weight excluding hydrogens is 126 g/mol. The van der Waals surface area contributed by atoms with E-state index in [0.717, 1.165) is 31.6 Å². The van der Waals surface area contributed by atoms with Gasteiger partial charge in [-0.2, -0.15) is 0 Å². The number of nitrogens with zero attached hydrogens (tertiary/aromatic N) is 1. The second-order valence-electron chi connectivity index (χ2n) is 3.34. The Balaban J connectivity index is 2.08. The van der Waals surface area contributed by atoms with Crippen molar-refractivity contribution in [2.75, 3.05) is 19.8 Å². The topological polar surface area (TPSA) is 21.6 Å². The van der Waals surface area contributed by atoms with Gasteiger partial charge in [-0.15, -0.1) is 0 Å². The van der Waals surface area contributed by atoms with Crippen molar-refractivity contribution in [2.24, 2.45) is 16.8 Å². The lowest BCUT2D eigenvalue weighted by Crippen LogP contribution is -2.23. The number of rotatable bonds is 0. The minimum atomic E-state index is 0.740. The molecule has 10 heavy (non-hydrogen) atoms. The van der Waals surface area contributed by atoms with Gasteiger partial charge in [-0.25, -0.2) is 0 Å². The fourth-order valence-electron chi connectivity index (χ4n) is 1.79. The van der Waals surface area contributed by atoms with Gasteiger partial charge in [0.15, 0.2) is 0 Å². The molecular formula is C8H13NO. The van der Waals surface area contributed by atoms with Crippen molar-refractivity contribution in [3.63, 3.8) is 0 Å². The molecule has 0 saturated carbocycles. The lowest BCUT2D eigenvalue weighted by atomic mass is 9.89. The van der Waals surface area contributed by atoms with Crippen molar-refractivity contribution in [2.45, 2.75) is 13.3 Å². The highest BCUT2D eigenvalue weighted by atomic mass is 16.5. The number of fused-ring (bicyclic) bond motifs is 1. The van der Waals surface area contributed by atoms with E-state index in [1.807, 2.05) is 0 Å². The van der Waals surface area contributed by atoms with Crippen LogP contribution in [0.5, 0.6) is 0 Å². The third kappa shape index (κ3) is 0.966. The van der Waals surface area contributed by atoms with Crippen LogP contribution in [0, 0.1) is 11.8 Å². The number of aliphatic imine (C=N–C) groups is 1. The van der Waals surface area contributed by atoms with E-state index in [-0.39, 0.29) is 0 Å². The molecule has 0 aliphatic carbocycles. The Bertz CT molecular complexity index is 165. The van der Waals surface area contributed by atoms with Crippen molar-refractivity contribution in [1.29, 1.82) is 0 Å². The van der Waals surface area contributed by atoms with Crippen LogP contribution < -0.4 is 0 Å². The summed E-state index contributed by atoms with van der Waals surface area (Å²) < 4.78 is 5.37. The predicted molar refractivity (Wildman–Crippen MR) is 40.4 cm³/mol. The van der Waals surface area contributed by atoms with Crippen molar-refractivity contribution >= 4 is 5.71 Å². The van der Waals surface area contributed by atoms with Crippen molar-refractivity contribution in [3.8, 4) is 0 Å². The first-order valence-corrected chi connectivity index (χ1v) is 3.94. The first-order chi connectivity index (χ1) is 4.86. The van der Waals surface area contributed by atoms with Gasteiger partial charge in [0.05, 0.1) is 13.2 Å². The van der Waals surface area contributed by atoms with E-state index < -0.39 is 0 Å². The Morgan fingerprint density at radius 3 is 3.10 bits per heavy atom. The molecule has 2 aliphatic rings. The van der Waals surface area contributed by atoms with Gasteiger partial charge in [-0.1, -0.05) is 0 Å². The Morgan fingerprint density at radius 1 is 1.40 bits per heavy atom. The third-order valence-electron chi connectivity index (χ3n) is 2.48. The quantitative estimate of drug-likeness (QED) is 0.492. The molecule has 0 N–H and O–H groups in total. The normalized spacial score (nSPS) is 39.1. The second-order valence-corrected chi connectivity index (χ2v) is 3.34. The van der Waals surface area contributed by atoms with Gasteiger partial charge in [0.1, 0.15) is 0 Å². The Hall–Kier alpha value is -0.370. The lowest BCUT2D eigenvalue weighted by Gasteiger charge is -2.20. The Morgan fingerprint density at radius 2 is 2.20 bits per heavy atom. The number of hydrogen-bond donors (Lipinski definition) is 0. The standard InChI is InChI=1S/C8H13NO/c1-6-2-7-4-10-5-8(7)3-9-6/h7-8H,2-5H2,1H3. The molecule has 2 atom stereocenters. The van der Waals surface area contributed by atoms with Crippen molar-refractivity contribution in [3.05, 3.63) is 0 Å². The van der Waals surface area contributed by atoms with Gasteiger partial charge < -0.3 is 4.74 Å². The fourth-order valence-corrected chi connectivity index (χ4v) is 1.79. The van der Waals surface area contributed by atoms with Crippen molar-refractivity contribution < 1.29 is 4.74 Å². The van der Waals surface area contributed by atoms with E-state index in [1.165, 1.54) is 12.1 Å². The van der Waals surface area contributed by atoms with Gasteiger partial charge in [-0.05, 0) is 19.3 Å². The van der Waals surface area contributed by atoms with Crippen LogP contribution in [0.4, 0.5) is 0 Å². The minimum Gasteiger partial charge on any atom is -0.381 e. The average Bonchev–Trinajstić information content (AvgIpc) is 2.33. The molecule has 2 heteroatoms. The summed E-state index contributed by atoms with van der Waals surface area (Å²) in [5.74, 6) is 1.53. The molecule has 1 saturated heterocycles. The highest BCUT2D eigenvalue weighted by molar-refractivity contribution is 5.82. The molecule has 2 nitrogen and oxygen atoms in total. The third-order valence-corrected chi connectivity index (χ3v) is 2.48. The molecule has 0 aromatic carbocycles. The van der Waals surface area contributed by atoms with Gasteiger partial charge in [0, 0.05) is 18.2 Å². The molecule has 0 radical (unpaired) electrons. The molecule has 1 fully saturated rings. The van der Waals surface area contributed by atoms with Crippen LogP contribution in [-0.4, -0.2) is 25.5 Å². The zero-order chi connectivity index (χ0) is 6.97. The second kappa shape index (κ2) is 2.35. The summed E-state index contributed by atoms with van der Waals surface area (Å²) in [7, 11) is 0. The minimum absolute atomic E-state index is 0.740. The summed E-state index contributed by atoms with van der Waals surface area (Å²) >= 11 is 0. The monoisotopic (exact) mass is 139 g/mol. The van der Waals surface area contributed by atoms with Crippen LogP contribution in [0.25, 0.3) is 0 Å². The van der Waals surface area contributed by atoms with E-state index in [2.05, 4.69) is 11.9 Å². The van der Waals surface area contributed by atoms with E-state index in [0.29, 0.717) is 0 Å². The zero-order valence-electron chi connectivity index (χ0n) is 6.34. The highest BCUT2D eigenvalue weighted by Gasteiger charge is 2.30. The van der Waals surface area contributed by atoms with Gasteiger partial charge >= 0.3 is 0 Å². The average molecular weight is 139 g/mol. The molecule has 0 spiro atoms. The SMILES string of the molecule is CC1=NCC2COCC2C1. The fraction of sp³-hybridized carbons (Fsp3) is 0.875. The number of ether oxygens (including phenoxy) is 1. The summed E-state index contributed by atoms with van der Waals surface area (Å²) in [4.78, 5) is 4.41. The lowest BCUT2D eigenvalue weighted by molar-refractivity contribution is 0.182. The van der Waals surface area contributed by atoms with E-state index >= 15 is 0 Å². The predicted octanol–water partition coefficient (Wildman–Crippen LogP) is 1.11. The summed E-state index contributed by atoms with van der Waals surface area (Å²) in [6.07, 6.45) is 1.17. The van der Waals surface area contributed by atoms with E-state index in [1.54, 1.807) is 0 Å². The number of hydrogen-bond acceptors (Lipinski definition) is 2. The maximum absolute atomic E-state index is 5.37. The molecule has 0 aromatic rings. The molecule has 0 amide bonds. The largest absolute Gasteiger partial charge is 0.381 e. The maximum atomic E-state index is 5.37. The van der Waals surface area contributed by atoms with Crippen LogP contribution in [-0.2, 0) is 4.74 Å². The van der Waals surface area contributed by atoms with Crippen LogP contribution in [0.1, 0.15) is 13.3 Å². The van der Waals surface area contributed by atoms with Gasteiger partial charge in [0.25, 0.3) is 0 Å². The maximum Gasteiger partial charge on any atom is 0.0515 e. The first kappa shape index (κ1) is 6.35. The molecule has 0 bridgehead atoms. The molecule has 2 aliphatic heterocycles. The van der Waals surface area contributed by atoms with Crippen LogP contribution in [0.15, 0.2) is 4.99 Å². The van der Waals surface area contributed by atoms with Gasteiger partial charge in [0.2, 0.25) is 0 Å². The van der Waals surface area contributed by atoms with Crippen LogP contribution >= 0.6 is 0 Å². The van der Waals surface area contributed by atoms with E-state index in [4.69, 9.17) is 4.74 Å². The molecule has 2 rings (SSSR count). The molecule has 2 unspecified atom stereocenters. The Kier molecular flexibility index (Phi) is 1.49. The summed E-state index contributed by atoms with van der Waals surface area (Å²) in [6.45, 7) is 5.05. The first-order valence-electron chi connectivity index (χ1n) is 3.94. The zero-order valence-corrected chi connectivity index (χ0v) is 6.34. The molecule has 2 heterocycles. The highest BCUT2D eigenvalue weighted by Crippen LogP contribution is 2.27. The van der Waals surface area contributed by atoms with Crippen LogP contribution in [0.3, 0.4) is 0 Å². The summed E-state index contributed by atoms with van der Waals surface area (Å²) in [5.41, 5.74) is 1.31. The summed E-state index contributed by atoms with van der Waals surface area (Å²) in [6, 6.07) is 0. The van der Waals surface area contributed by atoms with Crippen LogP contribution in [0.2, 0.25) is 0 Å². The summed E-state index contributed by atoms with van der Waals surface area (Å²) in [5, 5.41) is 0. The van der Waals surface area contributed by atoms with Gasteiger partial charge in [-0.3, -0.25) is 4.99 Å². The van der Waals surface area contributed by atoms with Crippen molar-refractivity contribution in [1.82, 2.24) is 0 Å². The Labute approximate surface area is 61.3 Å². The molecule has 56 valence electrons. The van der Waals surface area contributed by atoms with E-state index in [9.17, 15) is 0 Å². The smallest absolute Gasteiger partial charge is 0.0515 e.